The topological polar surface area (TPSA) is 64.2 Å². The Morgan fingerprint density at radius 3 is 2.54 bits per heavy atom. The molecule has 1 fully saturated rings. The van der Waals surface area contributed by atoms with E-state index in [0.717, 1.165) is 42.5 Å². The van der Waals surface area contributed by atoms with Gasteiger partial charge in [0.05, 0.1) is 11.0 Å². The summed E-state index contributed by atoms with van der Waals surface area (Å²) in [6.07, 6.45) is 5.00. The van der Waals surface area contributed by atoms with E-state index in [9.17, 15) is 4.79 Å². The van der Waals surface area contributed by atoms with Crippen LogP contribution in [0.5, 0.6) is 0 Å². The first kappa shape index (κ1) is 22.2. The number of benzene rings is 2. The third-order valence-corrected chi connectivity index (χ3v) is 5.26. The molecule has 0 bridgehead atoms. The molecular formula is C21H26Cl2N4O. The number of hydrogen-bond donors (Lipinski definition) is 1. The van der Waals surface area contributed by atoms with Crippen LogP contribution in [0.15, 0.2) is 54.9 Å². The van der Waals surface area contributed by atoms with Crippen molar-refractivity contribution in [2.75, 3.05) is 6.54 Å². The van der Waals surface area contributed by atoms with Gasteiger partial charge in [0.2, 0.25) is 0 Å². The highest BCUT2D eigenvalue weighted by atomic mass is 35.5. The van der Waals surface area contributed by atoms with Crippen molar-refractivity contribution < 1.29 is 4.79 Å². The molecule has 7 heteroatoms. The Morgan fingerprint density at radius 2 is 1.82 bits per heavy atom. The molecular weight excluding hydrogens is 395 g/mol. The molecule has 4 rings (SSSR count). The Labute approximate surface area is 177 Å². The van der Waals surface area contributed by atoms with Crippen LogP contribution >= 0.6 is 24.8 Å². The molecule has 1 saturated heterocycles. The van der Waals surface area contributed by atoms with Crippen LogP contribution in [-0.2, 0) is 0 Å². The fourth-order valence-electron chi connectivity index (χ4n) is 3.85. The van der Waals surface area contributed by atoms with Gasteiger partial charge in [0, 0.05) is 29.9 Å². The second-order valence-electron chi connectivity index (χ2n) is 7.07. The number of likely N-dealkylation sites (tertiary alicyclic amines) is 1. The molecule has 3 aromatic rings. The van der Waals surface area contributed by atoms with Crippen LogP contribution < -0.4 is 5.73 Å². The molecule has 0 saturated carbocycles. The molecule has 2 unspecified atom stereocenters. The summed E-state index contributed by atoms with van der Waals surface area (Å²) in [7, 11) is 0. The molecule has 0 spiro atoms. The molecule has 2 aromatic carbocycles. The maximum absolute atomic E-state index is 13.0. The lowest BCUT2D eigenvalue weighted by Crippen LogP contribution is -2.51. The monoisotopic (exact) mass is 420 g/mol. The summed E-state index contributed by atoms with van der Waals surface area (Å²) >= 11 is 0. The maximum Gasteiger partial charge on any atom is 0.254 e. The number of hydrogen-bond acceptors (Lipinski definition) is 3. The molecule has 150 valence electrons. The number of aromatic nitrogens is 2. The van der Waals surface area contributed by atoms with E-state index >= 15 is 0 Å². The average molecular weight is 421 g/mol. The zero-order valence-electron chi connectivity index (χ0n) is 15.8. The van der Waals surface area contributed by atoms with Gasteiger partial charge in [-0.25, -0.2) is 4.98 Å². The summed E-state index contributed by atoms with van der Waals surface area (Å²) in [5.41, 5.74) is 9.84. The number of piperidine rings is 1. The Balaban J connectivity index is 0.00000140. The van der Waals surface area contributed by atoms with Gasteiger partial charge in [-0.3, -0.25) is 9.36 Å². The van der Waals surface area contributed by atoms with Crippen LogP contribution in [0.1, 0.15) is 36.5 Å². The third-order valence-electron chi connectivity index (χ3n) is 5.26. The van der Waals surface area contributed by atoms with Gasteiger partial charge in [0.15, 0.2) is 0 Å². The summed E-state index contributed by atoms with van der Waals surface area (Å²) in [5.74, 6) is 0.0778. The van der Waals surface area contributed by atoms with Crippen molar-refractivity contribution >= 4 is 41.8 Å². The first-order valence-electron chi connectivity index (χ1n) is 9.24. The lowest BCUT2D eigenvalue weighted by atomic mass is 9.96. The lowest BCUT2D eigenvalue weighted by molar-refractivity contribution is 0.0584. The molecule has 2 N–H and O–H groups in total. The number of nitrogens with zero attached hydrogens (tertiary/aromatic N) is 3. The van der Waals surface area contributed by atoms with Crippen LogP contribution in [-0.4, -0.2) is 39.0 Å². The van der Waals surface area contributed by atoms with Gasteiger partial charge in [0.1, 0.15) is 6.33 Å². The number of imidazole rings is 1. The van der Waals surface area contributed by atoms with Crippen LogP contribution in [0.3, 0.4) is 0 Å². The molecule has 1 amide bonds. The van der Waals surface area contributed by atoms with E-state index in [2.05, 4.69) is 4.98 Å². The van der Waals surface area contributed by atoms with Crippen molar-refractivity contribution in [1.82, 2.24) is 14.5 Å². The van der Waals surface area contributed by atoms with Gasteiger partial charge >= 0.3 is 0 Å². The van der Waals surface area contributed by atoms with Gasteiger partial charge in [-0.2, -0.15) is 0 Å². The van der Waals surface area contributed by atoms with Crippen molar-refractivity contribution in [2.24, 2.45) is 5.73 Å². The minimum atomic E-state index is -0.00386. The van der Waals surface area contributed by atoms with Gasteiger partial charge in [0.25, 0.3) is 5.91 Å². The Morgan fingerprint density at radius 1 is 1.11 bits per heavy atom. The summed E-state index contributed by atoms with van der Waals surface area (Å²) in [6.45, 7) is 2.78. The van der Waals surface area contributed by atoms with E-state index in [0.29, 0.717) is 5.56 Å². The summed E-state index contributed by atoms with van der Waals surface area (Å²) < 4.78 is 2.04. The van der Waals surface area contributed by atoms with Crippen molar-refractivity contribution in [1.29, 1.82) is 0 Å². The van der Waals surface area contributed by atoms with Crippen molar-refractivity contribution in [3.05, 3.63) is 60.4 Å². The van der Waals surface area contributed by atoms with E-state index in [1.54, 1.807) is 0 Å². The number of rotatable bonds is 3. The van der Waals surface area contributed by atoms with E-state index in [1.165, 1.54) is 0 Å². The summed E-state index contributed by atoms with van der Waals surface area (Å²) in [6, 6.07) is 15.9. The van der Waals surface area contributed by atoms with E-state index < -0.39 is 0 Å². The number of halogens is 2. The van der Waals surface area contributed by atoms with Crippen LogP contribution in [0, 0.1) is 0 Å². The number of carbonyl (C=O) groups is 1. The minimum Gasteiger partial charge on any atom is -0.334 e. The number of para-hydroxylation sites is 2. The molecule has 1 aromatic heterocycles. The van der Waals surface area contributed by atoms with E-state index in [4.69, 9.17) is 5.73 Å². The largest absolute Gasteiger partial charge is 0.334 e. The highest BCUT2D eigenvalue weighted by Crippen LogP contribution is 2.23. The zero-order chi connectivity index (χ0) is 18.1. The SMILES string of the molecule is CC(N)C1CCCCN1C(=O)c1ccc(-n2cnc3ccccc32)cc1.Cl.Cl. The average Bonchev–Trinajstić information content (AvgIpc) is 3.11. The quantitative estimate of drug-likeness (QED) is 0.689. The molecule has 28 heavy (non-hydrogen) atoms. The second kappa shape index (κ2) is 9.41. The van der Waals surface area contributed by atoms with Crippen molar-refractivity contribution in [2.45, 2.75) is 38.3 Å². The normalized spacial score (nSPS) is 17.5. The Hall–Kier alpha value is -2.08. The van der Waals surface area contributed by atoms with Crippen molar-refractivity contribution in [3.63, 3.8) is 0 Å². The summed E-state index contributed by atoms with van der Waals surface area (Å²) in [5, 5.41) is 0. The second-order valence-corrected chi connectivity index (χ2v) is 7.07. The van der Waals surface area contributed by atoms with Gasteiger partial charge in [-0.15, -0.1) is 24.8 Å². The van der Waals surface area contributed by atoms with Gasteiger partial charge in [-0.1, -0.05) is 12.1 Å². The first-order valence-corrected chi connectivity index (χ1v) is 9.24. The molecule has 0 aliphatic carbocycles. The molecule has 5 nitrogen and oxygen atoms in total. The smallest absolute Gasteiger partial charge is 0.254 e. The predicted molar refractivity (Wildman–Crippen MR) is 118 cm³/mol. The molecule has 1 aliphatic rings. The van der Waals surface area contributed by atoms with Gasteiger partial charge in [-0.05, 0) is 62.6 Å². The van der Waals surface area contributed by atoms with Crippen LogP contribution in [0.25, 0.3) is 16.7 Å². The molecule has 0 radical (unpaired) electrons. The molecule has 2 heterocycles. The Kier molecular flexibility index (Phi) is 7.47. The van der Waals surface area contributed by atoms with Crippen LogP contribution in [0.2, 0.25) is 0 Å². The maximum atomic E-state index is 13.0. The fraction of sp³-hybridized carbons (Fsp3) is 0.333. The number of amides is 1. The number of fused-ring (bicyclic) bond motifs is 1. The fourth-order valence-corrected chi connectivity index (χ4v) is 3.85. The zero-order valence-corrected chi connectivity index (χ0v) is 17.5. The van der Waals surface area contributed by atoms with Crippen molar-refractivity contribution in [3.8, 4) is 5.69 Å². The highest BCUT2D eigenvalue weighted by Gasteiger charge is 2.29. The number of nitrogens with two attached hydrogens (primary N) is 1. The predicted octanol–water partition coefficient (Wildman–Crippen LogP) is 4.21. The lowest BCUT2D eigenvalue weighted by Gasteiger charge is -2.38. The van der Waals surface area contributed by atoms with Gasteiger partial charge < -0.3 is 10.6 Å². The Bertz CT molecular complexity index is 924. The number of carbonyl (C=O) groups excluding carboxylic acids is 1. The van der Waals surface area contributed by atoms with E-state index in [1.807, 2.05) is 71.2 Å². The van der Waals surface area contributed by atoms with Crippen LogP contribution in [0.4, 0.5) is 0 Å². The highest BCUT2D eigenvalue weighted by molar-refractivity contribution is 5.94. The van der Waals surface area contributed by atoms with E-state index in [-0.39, 0.29) is 42.8 Å². The summed E-state index contributed by atoms with van der Waals surface area (Å²) in [4.78, 5) is 19.4. The minimum absolute atomic E-state index is 0. The third kappa shape index (κ3) is 4.17. The molecule has 1 aliphatic heterocycles. The first-order chi connectivity index (χ1) is 12.6. The standard InChI is InChI=1S/C21H24N4O.2ClH/c1-15(22)19-7-4-5-13-24(19)21(26)16-9-11-17(12-10-16)25-14-23-18-6-2-3-8-20(18)25;;/h2-3,6,8-12,14-15,19H,4-5,7,13,22H2,1H3;2*1H. The molecule has 2 atom stereocenters.